The molecule has 9 heteroatoms. The first-order valence-corrected chi connectivity index (χ1v) is 8.75. The molecule has 6 nitrogen and oxygen atoms in total. The molecule has 1 N–H and O–H groups in total. The average Bonchev–Trinajstić information content (AvgIpc) is 3.06. The third-order valence-electron chi connectivity index (χ3n) is 5.26. The Morgan fingerprint density at radius 3 is 2.71 bits per heavy atom. The Morgan fingerprint density at radius 2 is 1.96 bits per heavy atom. The third kappa shape index (κ3) is 2.42. The summed E-state index contributed by atoms with van der Waals surface area (Å²) in [5, 5.41) is 11.9. The van der Waals surface area contributed by atoms with E-state index in [2.05, 4.69) is 25.3 Å². The number of pyridine rings is 1. The van der Waals surface area contributed by atoms with Crippen molar-refractivity contribution in [2.24, 2.45) is 0 Å². The number of hydrogen-bond donors (Lipinski definition) is 1. The summed E-state index contributed by atoms with van der Waals surface area (Å²) in [7, 11) is 0. The molecule has 142 valence electrons. The summed E-state index contributed by atoms with van der Waals surface area (Å²) >= 11 is 0. The van der Waals surface area contributed by atoms with E-state index in [4.69, 9.17) is 0 Å². The van der Waals surface area contributed by atoms with Gasteiger partial charge >= 0.3 is 0 Å². The van der Waals surface area contributed by atoms with E-state index in [0.29, 0.717) is 22.3 Å². The molecular weight excluding hydrogens is 369 g/mol. The van der Waals surface area contributed by atoms with Crippen LogP contribution in [0.5, 0.6) is 0 Å². The minimum absolute atomic E-state index is 0.133. The summed E-state index contributed by atoms with van der Waals surface area (Å²) < 4.78 is 42.9. The number of fused-ring (bicyclic) bond motifs is 1. The first-order chi connectivity index (χ1) is 13.4. The molecule has 28 heavy (non-hydrogen) atoms. The molecule has 5 rings (SSSR count). The molecule has 4 aromatic rings. The van der Waals surface area contributed by atoms with Crippen LogP contribution in [0, 0.1) is 5.82 Å². The van der Waals surface area contributed by atoms with E-state index in [1.165, 1.54) is 13.0 Å². The molecule has 1 aliphatic rings. The Balaban J connectivity index is 1.58. The lowest BCUT2D eigenvalue weighted by Crippen LogP contribution is -2.13. The SMILES string of the molecule is CC1(c2nc(-c3nn(Cc4ccccc4F)c4ncccc34)n[nH]2)CC1(F)F. The van der Waals surface area contributed by atoms with E-state index < -0.39 is 11.3 Å². The van der Waals surface area contributed by atoms with E-state index >= 15 is 0 Å². The fraction of sp³-hybridized carbons (Fsp3) is 0.263. The first-order valence-electron chi connectivity index (χ1n) is 8.75. The number of aromatic amines is 1. The van der Waals surface area contributed by atoms with Crippen molar-refractivity contribution >= 4 is 11.0 Å². The molecule has 0 aliphatic heterocycles. The molecule has 0 saturated heterocycles. The lowest BCUT2D eigenvalue weighted by molar-refractivity contribution is 0.0901. The molecule has 0 bridgehead atoms. The molecular formula is C19H15F3N6. The van der Waals surface area contributed by atoms with Gasteiger partial charge in [-0.3, -0.25) is 5.10 Å². The highest BCUT2D eigenvalue weighted by atomic mass is 19.3. The van der Waals surface area contributed by atoms with Crippen LogP contribution in [0.3, 0.4) is 0 Å². The van der Waals surface area contributed by atoms with Crippen LogP contribution in [0.25, 0.3) is 22.6 Å². The highest BCUT2D eigenvalue weighted by Gasteiger charge is 2.70. The summed E-state index contributed by atoms with van der Waals surface area (Å²) in [4.78, 5) is 8.61. The number of alkyl halides is 2. The summed E-state index contributed by atoms with van der Waals surface area (Å²) in [6, 6.07) is 9.96. The van der Waals surface area contributed by atoms with Gasteiger partial charge < -0.3 is 0 Å². The predicted octanol–water partition coefficient (Wildman–Crippen LogP) is 3.70. The molecule has 1 atom stereocenters. The topological polar surface area (TPSA) is 72.3 Å². The molecule has 0 radical (unpaired) electrons. The minimum Gasteiger partial charge on any atom is -0.262 e. The lowest BCUT2D eigenvalue weighted by atomic mass is 10.1. The van der Waals surface area contributed by atoms with Gasteiger partial charge in [0.1, 0.15) is 17.3 Å². The molecule has 1 aromatic carbocycles. The average molecular weight is 384 g/mol. The number of halogens is 3. The maximum Gasteiger partial charge on any atom is 0.261 e. The van der Waals surface area contributed by atoms with E-state index in [1.54, 1.807) is 41.2 Å². The van der Waals surface area contributed by atoms with Gasteiger partial charge in [-0.25, -0.2) is 27.8 Å². The minimum atomic E-state index is -2.79. The number of H-pyrrole nitrogens is 1. The van der Waals surface area contributed by atoms with Gasteiger partial charge in [-0.15, -0.1) is 0 Å². The second kappa shape index (κ2) is 5.63. The van der Waals surface area contributed by atoms with E-state index in [1.807, 2.05) is 0 Å². The summed E-state index contributed by atoms with van der Waals surface area (Å²) in [5.74, 6) is -2.79. The zero-order valence-corrected chi connectivity index (χ0v) is 14.8. The fourth-order valence-corrected chi connectivity index (χ4v) is 3.34. The lowest BCUT2D eigenvalue weighted by Gasteiger charge is -2.04. The molecule has 0 spiro atoms. The van der Waals surface area contributed by atoms with Crippen LogP contribution >= 0.6 is 0 Å². The first kappa shape index (κ1) is 16.9. The molecule has 1 saturated carbocycles. The number of aromatic nitrogens is 6. The van der Waals surface area contributed by atoms with Crippen molar-refractivity contribution in [3.63, 3.8) is 0 Å². The molecule has 1 aliphatic carbocycles. The van der Waals surface area contributed by atoms with Gasteiger partial charge in [0.2, 0.25) is 5.82 Å². The van der Waals surface area contributed by atoms with Gasteiger partial charge in [-0.1, -0.05) is 18.2 Å². The molecule has 3 heterocycles. The predicted molar refractivity (Wildman–Crippen MR) is 95.3 cm³/mol. The van der Waals surface area contributed by atoms with Gasteiger partial charge in [0, 0.05) is 18.2 Å². The number of hydrogen-bond acceptors (Lipinski definition) is 4. The maximum atomic E-state index is 14.1. The summed E-state index contributed by atoms with van der Waals surface area (Å²) in [6.07, 6.45) is 1.35. The van der Waals surface area contributed by atoms with Crippen LogP contribution in [0.15, 0.2) is 42.6 Å². The monoisotopic (exact) mass is 384 g/mol. The fourth-order valence-electron chi connectivity index (χ4n) is 3.34. The quantitative estimate of drug-likeness (QED) is 0.582. The normalized spacial score (nSPS) is 20.6. The molecule has 0 amide bonds. The number of benzene rings is 1. The van der Waals surface area contributed by atoms with Crippen LogP contribution in [0.2, 0.25) is 0 Å². The van der Waals surface area contributed by atoms with Crippen molar-refractivity contribution in [3.05, 3.63) is 59.8 Å². The largest absolute Gasteiger partial charge is 0.262 e. The summed E-state index contributed by atoms with van der Waals surface area (Å²) in [6.45, 7) is 1.63. The van der Waals surface area contributed by atoms with Gasteiger partial charge in [-0.05, 0) is 25.1 Å². The van der Waals surface area contributed by atoms with Crippen molar-refractivity contribution in [1.29, 1.82) is 0 Å². The number of rotatable bonds is 4. The smallest absolute Gasteiger partial charge is 0.261 e. The molecule has 3 aromatic heterocycles. The van der Waals surface area contributed by atoms with Crippen molar-refractivity contribution < 1.29 is 13.2 Å². The number of nitrogens with zero attached hydrogens (tertiary/aromatic N) is 5. The van der Waals surface area contributed by atoms with E-state index in [9.17, 15) is 13.2 Å². The zero-order chi connectivity index (χ0) is 19.5. The van der Waals surface area contributed by atoms with Crippen molar-refractivity contribution in [3.8, 4) is 11.5 Å². The Labute approximate surface area is 157 Å². The van der Waals surface area contributed by atoms with Gasteiger partial charge in [0.05, 0.1) is 17.3 Å². The van der Waals surface area contributed by atoms with E-state index in [-0.39, 0.29) is 30.4 Å². The highest BCUT2D eigenvalue weighted by molar-refractivity contribution is 5.89. The Kier molecular flexibility index (Phi) is 3.40. The Morgan fingerprint density at radius 1 is 1.18 bits per heavy atom. The van der Waals surface area contributed by atoms with Gasteiger partial charge in [-0.2, -0.15) is 10.2 Å². The standard InChI is InChI=1S/C19H15F3N6/c1-18(10-19(18,21)22)17-24-15(25-26-17)14-12-6-4-8-23-16(12)28(27-14)9-11-5-2-3-7-13(11)20/h2-8H,9-10H2,1H3,(H,24,25,26). The zero-order valence-electron chi connectivity index (χ0n) is 14.8. The second-order valence-corrected chi connectivity index (χ2v) is 7.19. The number of nitrogens with one attached hydrogen (secondary N) is 1. The summed E-state index contributed by atoms with van der Waals surface area (Å²) in [5.41, 5.74) is 0.0802. The van der Waals surface area contributed by atoms with Crippen LogP contribution in [0.4, 0.5) is 13.2 Å². The highest BCUT2D eigenvalue weighted by Crippen LogP contribution is 2.60. The molecule has 1 fully saturated rings. The van der Waals surface area contributed by atoms with Crippen LogP contribution in [0.1, 0.15) is 24.7 Å². The van der Waals surface area contributed by atoms with Crippen LogP contribution < -0.4 is 0 Å². The van der Waals surface area contributed by atoms with E-state index in [0.717, 1.165) is 0 Å². The Bertz CT molecular complexity index is 1200. The van der Waals surface area contributed by atoms with Crippen molar-refractivity contribution in [2.75, 3.05) is 0 Å². The third-order valence-corrected chi connectivity index (χ3v) is 5.26. The van der Waals surface area contributed by atoms with Crippen molar-refractivity contribution in [2.45, 2.75) is 31.2 Å². The maximum absolute atomic E-state index is 14.1. The second-order valence-electron chi connectivity index (χ2n) is 7.19. The van der Waals surface area contributed by atoms with Crippen LogP contribution in [-0.4, -0.2) is 35.9 Å². The van der Waals surface area contributed by atoms with Gasteiger partial charge in [0.25, 0.3) is 5.92 Å². The van der Waals surface area contributed by atoms with Crippen molar-refractivity contribution in [1.82, 2.24) is 29.9 Å². The molecule has 1 unspecified atom stereocenters. The van der Waals surface area contributed by atoms with Crippen LogP contribution in [-0.2, 0) is 12.0 Å². The van der Waals surface area contributed by atoms with Gasteiger partial charge in [0.15, 0.2) is 5.65 Å². The Hall–Kier alpha value is -3.23.